The Balaban J connectivity index is 0.00000242. The number of hydrogen-bond acceptors (Lipinski definition) is 9. The minimum Gasteiger partial charge on any atom is -0.480 e. The van der Waals surface area contributed by atoms with Crippen LogP contribution in [-0.4, -0.2) is 144 Å². The number of carbonyl (C=O) groups is 5. The normalized spacial score (nSPS) is 16.5. The summed E-state index contributed by atoms with van der Waals surface area (Å²) in [6.45, 7) is 4.78. The highest BCUT2D eigenvalue weighted by molar-refractivity contribution is 5.78. The summed E-state index contributed by atoms with van der Waals surface area (Å²) in [6.07, 6.45) is 0.250. The van der Waals surface area contributed by atoms with Gasteiger partial charge in [-0.05, 0) is 12.5 Å². The first-order valence-corrected chi connectivity index (χ1v) is 12.5. The highest BCUT2D eigenvalue weighted by Gasteiger charge is 2.21. The van der Waals surface area contributed by atoms with Crippen LogP contribution in [0.3, 0.4) is 0 Å². The fraction of sp³-hybridized carbons (Fsp3) is 0.560. The van der Waals surface area contributed by atoms with Crippen LogP contribution in [0.15, 0.2) is 24.3 Å². The van der Waals surface area contributed by atoms with E-state index in [1.165, 1.54) is 0 Å². The molecule has 1 aromatic carbocycles. The molecule has 1 aliphatic heterocycles. The predicted octanol–water partition coefficient (Wildman–Crippen LogP) is -1.81. The molecule has 2 amide bonds. The van der Waals surface area contributed by atoms with Crippen LogP contribution in [0.2, 0.25) is 0 Å². The molecule has 1 heterocycles. The lowest BCUT2D eigenvalue weighted by Crippen LogP contribution is -2.49. The summed E-state index contributed by atoms with van der Waals surface area (Å²) in [6, 6.07) is 7.85. The van der Waals surface area contributed by atoms with Crippen LogP contribution in [-0.2, 0) is 30.5 Å². The van der Waals surface area contributed by atoms with Gasteiger partial charge in [-0.1, -0.05) is 29.8 Å². The molecule has 0 aromatic heterocycles. The van der Waals surface area contributed by atoms with Gasteiger partial charge in [-0.15, -0.1) is 0 Å². The molecular weight excluding hydrogens is 512 g/mol. The van der Waals surface area contributed by atoms with E-state index in [9.17, 15) is 34.5 Å². The zero-order valence-corrected chi connectivity index (χ0v) is 22.3. The number of rotatable bonds is 10. The van der Waals surface area contributed by atoms with Gasteiger partial charge in [0.1, 0.15) is 0 Å². The summed E-state index contributed by atoms with van der Waals surface area (Å²) in [4.78, 5) is 62.3. The number of aryl methyl sites for hydroxylation is 1. The van der Waals surface area contributed by atoms with Crippen molar-refractivity contribution in [3.8, 4) is 0 Å². The van der Waals surface area contributed by atoms with Gasteiger partial charge in [-0.2, -0.15) is 0 Å². The molecule has 0 unspecified atom stereocenters. The van der Waals surface area contributed by atoms with Crippen molar-refractivity contribution < 1.29 is 39.3 Å². The SMILES string of the molecule is Cc1ccc(CNC(=O)CN2CCN(CC(=O)O)CCN(CC(=O)O)CCN(CC(=O)O)CC2)cc1.NC=O. The van der Waals surface area contributed by atoms with Crippen LogP contribution >= 0.6 is 0 Å². The van der Waals surface area contributed by atoms with E-state index in [-0.39, 0.29) is 38.5 Å². The maximum Gasteiger partial charge on any atom is 0.317 e. The Labute approximate surface area is 227 Å². The Morgan fingerprint density at radius 3 is 1.33 bits per heavy atom. The molecule has 1 saturated heterocycles. The predicted molar refractivity (Wildman–Crippen MR) is 142 cm³/mol. The van der Waals surface area contributed by atoms with Gasteiger partial charge in [0.25, 0.3) is 0 Å². The van der Waals surface area contributed by atoms with Crippen LogP contribution in [0.1, 0.15) is 11.1 Å². The Morgan fingerprint density at radius 2 is 1.03 bits per heavy atom. The molecular formula is C25H40N6O8. The maximum atomic E-state index is 12.7. The van der Waals surface area contributed by atoms with Crippen molar-refractivity contribution in [1.82, 2.24) is 24.9 Å². The average molecular weight is 553 g/mol. The molecule has 218 valence electrons. The second-order valence-electron chi connectivity index (χ2n) is 9.18. The third-order valence-electron chi connectivity index (χ3n) is 5.98. The number of carboxylic acid groups (broad SMARTS) is 3. The van der Waals surface area contributed by atoms with Crippen molar-refractivity contribution in [1.29, 1.82) is 0 Å². The van der Waals surface area contributed by atoms with Gasteiger partial charge in [0.15, 0.2) is 0 Å². The maximum absolute atomic E-state index is 12.7. The molecule has 1 fully saturated rings. The number of primary amides is 1. The molecule has 14 heteroatoms. The molecule has 0 radical (unpaired) electrons. The molecule has 2 rings (SSSR count). The van der Waals surface area contributed by atoms with E-state index in [2.05, 4.69) is 11.1 Å². The summed E-state index contributed by atoms with van der Waals surface area (Å²) < 4.78 is 0. The number of aliphatic carboxylic acids is 3. The number of carbonyl (C=O) groups excluding carboxylic acids is 2. The van der Waals surface area contributed by atoms with Crippen molar-refractivity contribution in [2.45, 2.75) is 13.5 Å². The van der Waals surface area contributed by atoms with Crippen molar-refractivity contribution in [2.24, 2.45) is 5.73 Å². The molecule has 39 heavy (non-hydrogen) atoms. The minimum absolute atomic E-state index is 0.0961. The monoisotopic (exact) mass is 552 g/mol. The van der Waals surface area contributed by atoms with Gasteiger partial charge in [0.05, 0.1) is 26.2 Å². The smallest absolute Gasteiger partial charge is 0.317 e. The van der Waals surface area contributed by atoms with Gasteiger partial charge in [0, 0.05) is 58.9 Å². The van der Waals surface area contributed by atoms with Crippen LogP contribution in [0.5, 0.6) is 0 Å². The van der Waals surface area contributed by atoms with E-state index >= 15 is 0 Å². The van der Waals surface area contributed by atoms with Gasteiger partial charge in [0.2, 0.25) is 12.3 Å². The number of nitrogens with zero attached hydrogens (tertiary/aromatic N) is 4. The van der Waals surface area contributed by atoms with Crippen LogP contribution < -0.4 is 11.1 Å². The molecule has 0 bridgehead atoms. The third-order valence-corrected chi connectivity index (χ3v) is 5.98. The zero-order valence-electron chi connectivity index (χ0n) is 22.3. The van der Waals surface area contributed by atoms with Crippen molar-refractivity contribution in [3.05, 3.63) is 35.4 Å². The summed E-state index contributed by atoms with van der Waals surface area (Å²) >= 11 is 0. The van der Waals surface area contributed by atoms with E-state index < -0.39 is 17.9 Å². The van der Waals surface area contributed by atoms with Crippen molar-refractivity contribution >= 4 is 30.2 Å². The first kappa shape index (κ1) is 33.4. The lowest BCUT2D eigenvalue weighted by molar-refractivity contribution is -0.140. The minimum atomic E-state index is -1.00. The molecule has 0 atom stereocenters. The van der Waals surface area contributed by atoms with Crippen molar-refractivity contribution in [2.75, 3.05) is 78.5 Å². The standard InChI is InChI=1S/C24H37N5O7.CH3NO/c1-19-2-4-20(5-3-19)14-25-21(30)15-26-6-8-27(16-22(31)32)10-12-29(18-24(35)36)13-11-28(9-7-26)17-23(33)34;2-1-3/h2-5H,6-18H2,1H3,(H,25,30)(H,31,32)(H,33,34)(H,35,36);1H,(H2,2,3). The number of nitrogens with one attached hydrogen (secondary N) is 1. The van der Waals surface area contributed by atoms with Crippen molar-refractivity contribution in [3.63, 3.8) is 0 Å². The lowest BCUT2D eigenvalue weighted by Gasteiger charge is -2.32. The highest BCUT2D eigenvalue weighted by Crippen LogP contribution is 2.04. The van der Waals surface area contributed by atoms with Gasteiger partial charge >= 0.3 is 17.9 Å². The largest absolute Gasteiger partial charge is 0.480 e. The summed E-state index contributed by atoms with van der Waals surface area (Å²) in [5, 5.41) is 30.7. The molecule has 0 spiro atoms. The topological polar surface area (TPSA) is 197 Å². The number of benzene rings is 1. The molecule has 0 saturated carbocycles. The fourth-order valence-corrected chi connectivity index (χ4v) is 3.95. The number of hydrogen-bond donors (Lipinski definition) is 5. The Morgan fingerprint density at radius 1 is 0.718 bits per heavy atom. The van der Waals surface area contributed by atoms with E-state index in [4.69, 9.17) is 4.79 Å². The summed E-state index contributed by atoms with van der Waals surface area (Å²) in [5.74, 6) is -3.15. The molecule has 6 N–H and O–H groups in total. The second kappa shape index (κ2) is 18.6. The number of carboxylic acids is 3. The second-order valence-corrected chi connectivity index (χ2v) is 9.18. The van der Waals surface area contributed by atoms with Gasteiger partial charge in [-0.25, -0.2) is 0 Å². The molecule has 14 nitrogen and oxygen atoms in total. The lowest BCUT2D eigenvalue weighted by atomic mass is 10.1. The molecule has 0 aliphatic carbocycles. The summed E-state index contributed by atoms with van der Waals surface area (Å²) in [7, 11) is 0. The Bertz CT molecular complexity index is 898. The van der Waals surface area contributed by atoms with Gasteiger partial charge in [-0.3, -0.25) is 43.6 Å². The first-order chi connectivity index (χ1) is 18.5. The van der Waals surface area contributed by atoms with E-state index in [1.807, 2.05) is 36.1 Å². The first-order valence-electron chi connectivity index (χ1n) is 12.5. The molecule has 1 aliphatic rings. The van der Waals surface area contributed by atoms with E-state index in [0.717, 1.165) is 11.1 Å². The average Bonchev–Trinajstić information content (AvgIpc) is 2.85. The van der Waals surface area contributed by atoms with Crippen LogP contribution in [0.4, 0.5) is 0 Å². The van der Waals surface area contributed by atoms with E-state index in [0.29, 0.717) is 58.9 Å². The molecule has 1 aromatic rings. The Hall–Kier alpha value is -3.59. The zero-order chi connectivity index (χ0) is 29.2. The van der Waals surface area contributed by atoms with Gasteiger partial charge < -0.3 is 26.4 Å². The number of nitrogens with two attached hydrogens (primary N) is 1. The van der Waals surface area contributed by atoms with Crippen LogP contribution in [0, 0.1) is 6.92 Å². The van der Waals surface area contributed by atoms with E-state index in [1.54, 1.807) is 14.7 Å². The van der Waals surface area contributed by atoms with Crippen LogP contribution in [0.25, 0.3) is 0 Å². The Kier molecular flexibility index (Phi) is 16.0. The fourth-order valence-electron chi connectivity index (χ4n) is 3.95. The third kappa shape index (κ3) is 16.1. The quantitative estimate of drug-likeness (QED) is 0.204. The highest BCUT2D eigenvalue weighted by atomic mass is 16.4. The summed E-state index contributed by atoms with van der Waals surface area (Å²) in [5.41, 5.74) is 6.28. The number of amides is 2.